The number of pyridine rings is 1. The number of benzene rings is 1. The normalized spacial score (nSPS) is 15.9. The van der Waals surface area contributed by atoms with Crippen LogP contribution in [-0.2, 0) is 13.1 Å². The minimum Gasteiger partial charge on any atom is -0.345 e. The maximum absolute atomic E-state index is 15.5. The number of aromatic nitrogens is 5. The van der Waals surface area contributed by atoms with Crippen LogP contribution in [0.2, 0.25) is 0 Å². The molecule has 2 aliphatic rings. The van der Waals surface area contributed by atoms with Gasteiger partial charge in [0.25, 0.3) is 5.56 Å². The molecule has 0 unspecified atom stereocenters. The number of hydrogen-bond acceptors (Lipinski definition) is 3. The predicted molar refractivity (Wildman–Crippen MR) is 138 cm³/mol. The molecule has 7 rings (SSSR count). The van der Waals surface area contributed by atoms with Crippen LogP contribution >= 0.6 is 0 Å². The Bertz CT molecular complexity index is 1770. The van der Waals surface area contributed by atoms with E-state index in [-0.39, 0.29) is 23.5 Å². The first-order chi connectivity index (χ1) is 18.5. The van der Waals surface area contributed by atoms with Crippen molar-refractivity contribution in [3.63, 3.8) is 0 Å². The fourth-order valence-corrected chi connectivity index (χ4v) is 5.90. The Morgan fingerprint density at radius 2 is 1.84 bits per heavy atom. The minimum absolute atomic E-state index is 0.0709. The Balaban J connectivity index is 1.37. The molecule has 11 heteroatoms. The summed E-state index contributed by atoms with van der Waals surface area (Å²) in [4.78, 5) is 34.2. The van der Waals surface area contributed by atoms with Crippen molar-refractivity contribution in [3.05, 3.63) is 70.4 Å². The molecule has 0 saturated carbocycles. The Morgan fingerprint density at radius 3 is 2.68 bits per heavy atom. The van der Waals surface area contributed by atoms with Crippen LogP contribution in [0.5, 0.6) is 0 Å². The van der Waals surface area contributed by atoms with Crippen molar-refractivity contribution in [2.45, 2.75) is 32.4 Å². The first-order valence-corrected chi connectivity index (χ1v) is 12.8. The Hall–Kier alpha value is -4.41. The Kier molecular flexibility index (Phi) is 5.14. The quantitative estimate of drug-likeness (QED) is 0.365. The van der Waals surface area contributed by atoms with Gasteiger partial charge in [0.2, 0.25) is 0 Å². The molecule has 0 atom stereocenters. The number of nitrogens with one attached hydrogen (secondary N) is 2. The van der Waals surface area contributed by atoms with Gasteiger partial charge in [-0.1, -0.05) is 6.07 Å². The summed E-state index contributed by atoms with van der Waals surface area (Å²) >= 11 is 0. The maximum atomic E-state index is 15.5. The first-order valence-electron chi connectivity index (χ1n) is 12.8. The summed E-state index contributed by atoms with van der Waals surface area (Å²) in [5.41, 5.74) is 2.85. The number of halogens is 2. The van der Waals surface area contributed by atoms with Crippen LogP contribution in [0.3, 0.4) is 0 Å². The summed E-state index contributed by atoms with van der Waals surface area (Å²) in [6.07, 6.45) is 8.18. The topological polar surface area (TPSA) is 94.4 Å². The van der Waals surface area contributed by atoms with Crippen molar-refractivity contribution in [2.75, 3.05) is 19.6 Å². The number of rotatable bonds is 2. The predicted octanol–water partition coefficient (Wildman–Crippen LogP) is 4.34. The van der Waals surface area contributed by atoms with Crippen LogP contribution in [0, 0.1) is 11.6 Å². The van der Waals surface area contributed by atoms with Gasteiger partial charge in [-0.05, 0) is 43.0 Å². The lowest BCUT2D eigenvalue weighted by Gasteiger charge is -2.32. The van der Waals surface area contributed by atoms with Gasteiger partial charge in [0.1, 0.15) is 5.65 Å². The Morgan fingerprint density at radius 1 is 1.00 bits per heavy atom. The minimum atomic E-state index is -0.993. The summed E-state index contributed by atoms with van der Waals surface area (Å²) < 4.78 is 34.2. The lowest BCUT2D eigenvalue weighted by molar-refractivity contribution is 0.140. The van der Waals surface area contributed by atoms with E-state index in [1.807, 2.05) is 27.7 Å². The van der Waals surface area contributed by atoms with Crippen molar-refractivity contribution < 1.29 is 13.6 Å². The molecule has 0 aliphatic carbocycles. The van der Waals surface area contributed by atoms with Gasteiger partial charge in [-0.25, -0.2) is 18.6 Å². The molecule has 2 N–H and O–H groups in total. The zero-order chi connectivity index (χ0) is 26.0. The number of H-pyrrole nitrogens is 2. The van der Waals surface area contributed by atoms with Crippen LogP contribution in [0.1, 0.15) is 24.8 Å². The zero-order valence-corrected chi connectivity index (χ0v) is 20.5. The number of nitrogens with zero attached hydrogens (tertiary/aromatic N) is 5. The third kappa shape index (κ3) is 3.37. The van der Waals surface area contributed by atoms with E-state index in [0.717, 1.165) is 19.3 Å². The van der Waals surface area contributed by atoms with Crippen LogP contribution in [0.15, 0.2) is 47.7 Å². The van der Waals surface area contributed by atoms with E-state index in [4.69, 9.17) is 0 Å². The van der Waals surface area contributed by atoms with E-state index < -0.39 is 17.2 Å². The standard InChI is InChI=1S/C27H25F2N7O2/c28-18-12-16-14-35(27(38)33-7-3-1-4-8-33)11-10-34-15-17(21(23(18)29)25(16)34)24-22(26(37)32-31-24)19-13-30-20-6-2-5-9-36(19)20/h2,5-6,9,12-13,15H,1,3-4,7-8,10-11,14H2,(H2,31,32,37). The highest BCUT2D eigenvalue weighted by molar-refractivity contribution is 6.00. The molecule has 0 radical (unpaired) electrons. The number of carbonyl (C=O) groups is 1. The third-order valence-corrected chi connectivity index (χ3v) is 7.70. The average molecular weight is 518 g/mol. The number of carbonyl (C=O) groups excluding carboxylic acids is 1. The fourth-order valence-electron chi connectivity index (χ4n) is 5.90. The second kappa shape index (κ2) is 8.57. The van der Waals surface area contributed by atoms with Gasteiger partial charge >= 0.3 is 6.03 Å². The number of aromatic amines is 2. The first kappa shape index (κ1) is 22.8. The number of imidazole rings is 1. The molecule has 9 nitrogen and oxygen atoms in total. The van der Waals surface area contributed by atoms with Crippen molar-refractivity contribution >= 4 is 22.6 Å². The largest absolute Gasteiger partial charge is 0.345 e. The summed E-state index contributed by atoms with van der Waals surface area (Å²) in [6, 6.07) is 6.61. The van der Waals surface area contributed by atoms with E-state index in [1.165, 1.54) is 6.07 Å². The summed E-state index contributed by atoms with van der Waals surface area (Å²) in [5, 5.41) is 5.58. The number of piperidine rings is 1. The smallest absolute Gasteiger partial charge is 0.320 e. The molecule has 2 aliphatic heterocycles. The second-order valence-electron chi connectivity index (χ2n) is 9.94. The molecular formula is C27H25F2N7O2. The van der Waals surface area contributed by atoms with Gasteiger partial charge in [0, 0.05) is 56.1 Å². The lowest BCUT2D eigenvalue weighted by atomic mass is 10.0. The number of hydrogen-bond donors (Lipinski definition) is 2. The van der Waals surface area contributed by atoms with Crippen LogP contribution in [0.25, 0.3) is 39.1 Å². The highest BCUT2D eigenvalue weighted by Crippen LogP contribution is 2.39. The SMILES string of the molecule is O=C(N1CCCCC1)N1CCn2cc(-c3[nH][nH]c(=O)c3-c3cnc4ccccn34)c3c(F)c(F)cc(c32)C1. The van der Waals surface area contributed by atoms with Crippen LogP contribution in [0.4, 0.5) is 13.6 Å². The van der Waals surface area contributed by atoms with E-state index >= 15 is 8.78 Å². The molecular weight excluding hydrogens is 492 g/mol. The van der Waals surface area contributed by atoms with Gasteiger partial charge in [-0.3, -0.25) is 19.4 Å². The summed E-state index contributed by atoms with van der Waals surface area (Å²) in [6.45, 7) is 2.42. The summed E-state index contributed by atoms with van der Waals surface area (Å²) in [5.74, 6) is -1.98. The summed E-state index contributed by atoms with van der Waals surface area (Å²) in [7, 11) is 0. The molecule has 1 aromatic carbocycles. The second-order valence-corrected chi connectivity index (χ2v) is 9.94. The maximum Gasteiger partial charge on any atom is 0.320 e. The van der Waals surface area contributed by atoms with E-state index in [9.17, 15) is 9.59 Å². The number of likely N-dealkylation sites (tertiary alicyclic amines) is 1. The fraction of sp³-hybridized carbons (Fsp3) is 0.296. The van der Waals surface area contributed by atoms with Crippen molar-refractivity contribution in [1.29, 1.82) is 0 Å². The van der Waals surface area contributed by atoms with Crippen molar-refractivity contribution in [1.82, 2.24) is 33.9 Å². The third-order valence-electron chi connectivity index (χ3n) is 7.70. The number of urea groups is 1. The lowest BCUT2D eigenvalue weighted by Crippen LogP contribution is -2.45. The molecule has 1 saturated heterocycles. The van der Waals surface area contributed by atoms with Gasteiger partial charge in [0.05, 0.1) is 28.7 Å². The molecule has 6 heterocycles. The van der Waals surface area contributed by atoms with E-state index in [1.54, 1.807) is 27.9 Å². The number of amides is 2. The molecule has 0 bridgehead atoms. The monoisotopic (exact) mass is 517 g/mol. The van der Waals surface area contributed by atoms with Crippen LogP contribution < -0.4 is 5.56 Å². The van der Waals surface area contributed by atoms with Crippen molar-refractivity contribution in [2.24, 2.45) is 0 Å². The highest BCUT2D eigenvalue weighted by Gasteiger charge is 2.30. The molecule has 1 fully saturated rings. The van der Waals surface area contributed by atoms with Crippen LogP contribution in [-0.4, -0.2) is 59.6 Å². The molecule has 0 spiro atoms. The van der Waals surface area contributed by atoms with Gasteiger partial charge in [-0.2, -0.15) is 0 Å². The number of fused-ring (bicyclic) bond motifs is 1. The highest BCUT2D eigenvalue weighted by atomic mass is 19.2. The molecule has 5 aromatic rings. The average Bonchev–Trinajstić information content (AvgIpc) is 3.61. The van der Waals surface area contributed by atoms with Crippen molar-refractivity contribution in [3.8, 4) is 22.5 Å². The molecule has 38 heavy (non-hydrogen) atoms. The molecule has 2 amide bonds. The van der Waals surface area contributed by atoms with E-state index in [2.05, 4.69) is 15.2 Å². The van der Waals surface area contributed by atoms with Gasteiger partial charge in [0.15, 0.2) is 11.6 Å². The zero-order valence-electron chi connectivity index (χ0n) is 20.5. The van der Waals surface area contributed by atoms with Gasteiger partial charge < -0.3 is 14.4 Å². The molecule has 194 valence electrons. The Labute approximate surface area is 215 Å². The molecule has 4 aromatic heterocycles. The van der Waals surface area contributed by atoms with Gasteiger partial charge in [-0.15, -0.1) is 0 Å². The van der Waals surface area contributed by atoms with E-state index in [0.29, 0.717) is 59.9 Å².